The number of ether oxygens (including phenoxy) is 1. The van der Waals surface area contributed by atoms with Crippen LogP contribution < -0.4 is 20.9 Å². The second kappa shape index (κ2) is 12.0. The van der Waals surface area contributed by atoms with E-state index in [-0.39, 0.29) is 35.5 Å². The predicted molar refractivity (Wildman–Crippen MR) is 171 cm³/mol. The summed E-state index contributed by atoms with van der Waals surface area (Å²) in [7, 11) is 1.75. The van der Waals surface area contributed by atoms with Gasteiger partial charge in [0.25, 0.3) is 5.56 Å². The van der Waals surface area contributed by atoms with E-state index in [1.165, 1.54) is 28.6 Å². The Morgan fingerprint density at radius 3 is 2.50 bits per heavy atom. The van der Waals surface area contributed by atoms with Crippen LogP contribution in [0.2, 0.25) is 5.02 Å². The predicted octanol–water partition coefficient (Wildman–Crippen LogP) is 5.15. The number of hydrogen-bond acceptors (Lipinski definition) is 9. The van der Waals surface area contributed by atoms with Crippen LogP contribution in [0.4, 0.5) is 20.4 Å². The lowest BCUT2D eigenvalue weighted by Crippen LogP contribution is -2.45. The van der Waals surface area contributed by atoms with Crippen molar-refractivity contribution in [1.29, 1.82) is 0 Å². The van der Waals surface area contributed by atoms with Gasteiger partial charge in [0.15, 0.2) is 11.5 Å². The zero-order valence-corrected chi connectivity index (χ0v) is 26.1. The van der Waals surface area contributed by atoms with Crippen molar-refractivity contribution >= 4 is 57.1 Å². The van der Waals surface area contributed by atoms with Crippen molar-refractivity contribution in [2.24, 2.45) is 12.8 Å². The highest BCUT2D eigenvalue weighted by Gasteiger charge is 2.27. The monoisotopic (exact) mass is 640 g/mol. The lowest BCUT2D eigenvalue weighted by atomic mass is 10.0. The lowest BCUT2D eigenvalue weighted by molar-refractivity contribution is -0.00544. The molecule has 0 spiro atoms. The first-order valence-corrected chi connectivity index (χ1v) is 15.6. The second-order valence-corrected chi connectivity index (χ2v) is 12.0. The number of benzene rings is 2. The zero-order chi connectivity index (χ0) is 31.3. The largest absolute Gasteiger partial charge is 0.372 e. The molecule has 3 N–H and O–H groups in total. The van der Waals surface area contributed by atoms with Crippen molar-refractivity contribution in [3.8, 4) is 5.69 Å². The number of hydrogen-bond donors (Lipinski definition) is 2. The number of nitrogens with zero attached hydrogens (tertiary/aromatic N) is 6. The highest BCUT2D eigenvalue weighted by molar-refractivity contribution is 7.99. The van der Waals surface area contributed by atoms with Crippen molar-refractivity contribution in [2.45, 2.75) is 38.5 Å². The Hall–Kier alpha value is -3.78. The summed E-state index contributed by atoms with van der Waals surface area (Å²) in [5, 5.41) is 5.91. The first-order valence-electron chi connectivity index (χ1n) is 14.0. The van der Waals surface area contributed by atoms with Crippen molar-refractivity contribution in [2.75, 3.05) is 29.0 Å². The molecule has 4 heterocycles. The highest BCUT2D eigenvalue weighted by Crippen LogP contribution is 2.35. The third-order valence-corrected chi connectivity index (χ3v) is 8.26. The third kappa shape index (κ3) is 5.60. The van der Waals surface area contributed by atoms with E-state index >= 15 is 0 Å². The molecule has 44 heavy (non-hydrogen) atoms. The summed E-state index contributed by atoms with van der Waals surface area (Å²) in [4.78, 5) is 26.1. The van der Waals surface area contributed by atoms with Gasteiger partial charge in [0, 0.05) is 32.5 Å². The molecule has 0 amide bonds. The molecule has 1 saturated heterocycles. The topological polar surface area (TPSA) is 116 Å². The summed E-state index contributed by atoms with van der Waals surface area (Å²) in [5.74, 6) is -0.0853. The SMILES string of the molecule is CSNc1nn(C)c2c(-n3c(C(N)Cc4cc(F)cc(F)c4)nc4nc(N5CC(C)OC(C)C5)ccc4c3=O)ccc(Cl)c12. The molecule has 1 aliphatic rings. The molecule has 0 aliphatic carbocycles. The van der Waals surface area contributed by atoms with Crippen molar-refractivity contribution < 1.29 is 13.5 Å². The molecule has 3 unspecified atom stereocenters. The van der Waals surface area contributed by atoms with Crippen LogP contribution in [0.5, 0.6) is 0 Å². The van der Waals surface area contributed by atoms with E-state index in [4.69, 9.17) is 32.0 Å². The molecular formula is C30H31ClF2N8O2S. The molecule has 230 valence electrons. The molecule has 1 aliphatic heterocycles. The number of rotatable bonds is 7. The first kappa shape index (κ1) is 30.3. The van der Waals surface area contributed by atoms with Gasteiger partial charge < -0.3 is 20.1 Å². The molecule has 0 saturated carbocycles. The maximum atomic E-state index is 14.4. The van der Waals surface area contributed by atoms with Crippen molar-refractivity contribution in [3.05, 3.63) is 80.9 Å². The van der Waals surface area contributed by atoms with Crippen LogP contribution in [0.25, 0.3) is 27.6 Å². The number of pyridine rings is 1. The van der Waals surface area contributed by atoms with E-state index < -0.39 is 23.2 Å². The maximum absolute atomic E-state index is 14.4. The fourth-order valence-electron chi connectivity index (χ4n) is 5.88. The Bertz CT molecular complexity index is 1920. The Balaban J connectivity index is 1.58. The smallest absolute Gasteiger partial charge is 0.267 e. The van der Waals surface area contributed by atoms with Crippen LogP contribution in [-0.2, 0) is 18.2 Å². The van der Waals surface area contributed by atoms with Gasteiger partial charge in [-0.15, -0.1) is 0 Å². The summed E-state index contributed by atoms with van der Waals surface area (Å²) in [6.45, 7) is 5.26. The van der Waals surface area contributed by atoms with Gasteiger partial charge in [0.05, 0.1) is 45.2 Å². The minimum Gasteiger partial charge on any atom is -0.372 e. The van der Waals surface area contributed by atoms with E-state index in [0.29, 0.717) is 51.9 Å². The second-order valence-electron chi connectivity index (χ2n) is 11.0. The van der Waals surface area contributed by atoms with Crippen molar-refractivity contribution in [1.82, 2.24) is 24.3 Å². The summed E-state index contributed by atoms with van der Waals surface area (Å²) in [6.07, 6.45) is 1.88. The van der Waals surface area contributed by atoms with Gasteiger partial charge in [-0.05, 0) is 62.2 Å². The molecule has 5 aromatic rings. The number of aromatic nitrogens is 5. The van der Waals surface area contributed by atoms with Crippen LogP contribution >= 0.6 is 23.5 Å². The molecule has 3 aromatic heterocycles. The van der Waals surface area contributed by atoms with Crippen LogP contribution in [0, 0.1) is 11.6 Å². The van der Waals surface area contributed by atoms with Gasteiger partial charge in [-0.3, -0.25) is 14.0 Å². The number of aryl methyl sites for hydroxylation is 1. The Morgan fingerprint density at radius 1 is 1.11 bits per heavy atom. The van der Waals surface area contributed by atoms with Crippen LogP contribution in [-0.4, -0.2) is 55.9 Å². The van der Waals surface area contributed by atoms with Gasteiger partial charge in [-0.1, -0.05) is 23.5 Å². The number of halogens is 3. The van der Waals surface area contributed by atoms with Gasteiger partial charge in [-0.25, -0.2) is 18.7 Å². The lowest BCUT2D eigenvalue weighted by Gasteiger charge is -2.36. The van der Waals surface area contributed by atoms with E-state index in [2.05, 4.69) is 14.7 Å². The van der Waals surface area contributed by atoms with Gasteiger partial charge in [0.2, 0.25) is 0 Å². The molecule has 1 fully saturated rings. The van der Waals surface area contributed by atoms with Gasteiger partial charge >= 0.3 is 0 Å². The average molecular weight is 641 g/mol. The number of nitrogens with two attached hydrogens (primary N) is 1. The molecule has 6 rings (SSSR count). The number of nitrogens with one attached hydrogen (secondary N) is 1. The zero-order valence-electron chi connectivity index (χ0n) is 24.5. The summed E-state index contributed by atoms with van der Waals surface area (Å²) < 4.78 is 40.2. The Morgan fingerprint density at radius 2 is 1.82 bits per heavy atom. The Labute approximate surface area is 261 Å². The van der Waals surface area contributed by atoms with Crippen LogP contribution in [0.1, 0.15) is 31.3 Å². The minimum atomic E-state index is -0.940. The van der Waals surface area contributed by atoms with Gasteiger partial charge in [-0.2, -0.15) is 5.10 Å². The van der Waals surface area contributed by atoms with E-state index in [0.717, 1.165) is 6.07 Å². The normalized spacial score (nSPS) is 17.9. The molecule has 3 atom stereocenters. The van der Waals surface area contributed by atoms with Gasteiger partial charge in [0.1, 0.15) is 23.3 Å². The maximum Gasteiger partial charge on any atom is 0.267 e. The van der Waals surface area contributed by atoms with E-state index in [9.17, 15) is 13.6 Å². The molecule has 14 heteroatoms. The fraction of sp³-hybridized carbons (Fsp3) is 0.333. The third-order valence-electron chi connectivity index (χ3n) is 7.55. The van der Waals surface area contributed by atoms with E-state index in [1.807, 2.05) is 20.1 Å². The summed E-state index contributed by atoms with van der Waals surface area (Å²) >= 11 is 7.99. The first-order chi connectivity index (χ1) is 21.0. The van der Waals surface area contributed by atoms with Crippen LogP contribution in [0.15, 0.2) is 47.3 Å². The molecule has 10 nitrogen and oxygen atoms in total. The summed E-state index contributed by atoms with van der Waals surface area (Å²) in [6, 6.07) is 9.19. The standard InChI is InChI=1S/C30H31ClF2N8O2S/c1-15-13-40(14-16(2)43-15)24-8-5-20-27(35-24)36-29(22(34)11-17-9-18(32)12-19(33)10-17)41(30(20)42)23-7-6-21(31)25-26(23)39(3)37-28(25)38-44-4/h5-10,12,15-16,22H,11,13-14,34H2,1-4H3,(H,37,38). The average Bonchev–Trinajstić information content (AvgIpc) is 3.29. The number of anilines is 2. The molecule has 0 bridgehead atoms. The van der Waals surface area contributed by atoms with Crippen LogP contribution in [0.3, 0.4) is 0 Å². The molecule has 2 aromatic carbocycles. The van der Waals surface area contributed by atoms with Crippen molar-refractivity contribution in [3.63, 3.8) is 0 Å². The molecular weight excluding hydrogens is 610 g/mol. The highest BCUT2D eigenvalue weighted by atomic mass is 35.5. The number of morpholine rings is 1. The fourth-order valence-corrected chi connectivity index (χ4v) is 6.46. The minimum absolute atomic E-state index is 0.00421. The quantitative estimate of drug-likeness (QED) is 0.233. The summed E-state index contributed by atoms with van der Waals surface area (Å²) in [5.41, 5.74) is 7.87. The molecule has 0 radical (unpaired) electrons. The Kier molecular flexibility index (Phi) is 8.22. The van der Waals surface area contributed by atoms with E-state index in [1.54, 1.807) is 36.0 Å². The number of fused-ring (bicyclic) bond motifs is 2.